The molecule has 1 aliphatic rings. The summed E-state index contributed by atoms with van der Waals surface area (Å²) in [6.07, 6.45) is 4.08. The summed E-state index contributed by atoms with van der Waals surface area (Å²) in [6, 6.07) is 18.3. The zero-order valence-corrected chi connectivity index (χ0v) is 13.3. The maximum Gasteiger partial charge on any atom is 0.133 e. The minimum atomic E-state index is 1.13. The first-order valence-corrected chi connectivity index (χ1v) is 8.17. The summed E-state index contributed by atoms with van der Waals surface area (Å²) in [7, 11) is 0. The molecule has 0 unspecified atom stereocenters. The van der Waals surface area contributed by atoms with Crippen LogP contribution in [0.3, 0.4) is 0 Å². The molecular formula is C20H26N+. The van der Waals surface area contributed by atoms with Crippen molar-refractivity contribution in [3.05, 3.63) is 65.2 Å². The van der Waals surface area contributed by atoms with Crippen molar-refractivity contribution < 1.29 is 0 Å². The smallest absolute Gasteiger partial charge is 0.133 e. The summed E-state index contributed by atoms with van der Waals surface area (Å²) in [4.78, 5) is 0. The monoisotopic (exact) mass is 280 g/mol. The van der Waals surface area contributed by atoms with E-state index in [-0.39, 0.29) is 0 Å². The Bertz CT molecular complexity index is 574. The quantitative estimate of drug-likeness (QED) is 0.694. The van der Waals surface area contributed by atoms with Gasteiger partial charge in [0.15, 0.2) is 0 Å². The Morgan fingerprint density at radius 1 is 0.714 bits per heavy atom. The fraction of sp³-hybridized carbons (Fsp3) is 0.400. The third kappa shape index (κ3) is 3.19. The fourth-order valence-corrected chi connectivity index (χ4v) is 3.53. The van der Waals surface area contributed by atoms with E-state index in [9.17, 15) is 0 Å². The summed E-state index contributed by atoms with van der Waals surface area (Å²) in [5, 5.41) is 0. The van der Waals surface area contributed by atoms with Crippen LogP contribution in [0.5, 0.6) is 0 Å². The van der Waals surface area contributed by atoms with Gasteiger partial charge in [-0.05, 0) is 45.2 Å². The molecule has 0 saturated carbocycles. The van der Waals surface area contributed by atoms with Crippen molar-refractivity contribution in [3.8, 4) is 0 Å². The molecule has 0 aromatic heterocycles. The second-order valence-corrected chi connectivity index (χ2v) is 6.63. The van der Waals surface area contributed by atoms with Gasteiger partial charge in [-0.2, -0.15) is 0 Å². The van der Waals surface area contributed by atoms with E-state index in [1.807, 2.05) is 0 Å². The van der Waals surface area contributed by atoms with Crippen LogP contribution in [0.2, 0.25) is 0 Å². The van der Waals surface area contributed by atoms with Crippen LogP contribution < -0.4 is 4.48 Å². The first-order chi connectivity index (χ1) is 10.2. The Balaban J connectivity index is 1.92. The Morgan fingerprint density at radius 3 is 1.81 bits per heavy atom. The predicted octanol–water partition coefficient (Wildman–Crippen LogP) is 4.99. The maximum absolute atomic E-state index is 2.34. The number of aryl methyl sites for hydroxylation is 2. The summed E-state index contributed by atoms with van der Waals surface area (Å²) in [5.74, 6) is 0. The largest absolute Gasteiger partial charge is 0.287 e. The molecule has 1 heteroatoms. The molecule has 0 spiro atoms. The topological polar surface area (TPSA) is 0 Å². The van der Waals surface area contributed by atoms with Gasteiger partial charge in [-0.3, -0.25) is 4.48 Å². The van der Waals surface area contributed by atoms with Gasteiger partial charge in [0.1, 0.15) is 12.2 Å². The van der Waals surface area contributed by atoms with E-state index in [0.29, 0.717) is 0 Å². The molecule has 0 N–H and O–H groups in total. The first-order valence-electron chi connectivity index (χ1n) is 8.17. The zero-order chi connectivity index (χ0) is 14.7. The second kappa shape index (κ2) is 6.03. The molecule has 1 heterocycles. The van der Waals surface area contributed by atoms with Gasteiger partial charge in [0.2, 0.25) is 0 Å². The molecule has 0 aliphatic carbocycles. The fourth-order valence-electron chi connectivity index (χ4n) is 3.53. The number of nitrogens with zero attached hydrogens (tertiary/aromatic N) is 1. The normalized spacial score (nSPS) is 17.6. The Hall–Kier alpha value is -1.60. The van der Waals surface area contributed by atoms with Gasteiger partial charge in [-0.15, -0.1) is 0 Å². The lowest BCUT2D eigenvalue weighted by Crippen LogP contribution is -2.52. The molecule has 1 nitrogen and oxygen atoms in total. The molecule has 1 saturated heterocycles. The van der Waals surface area contributed by atoms with Gasteiger partial charge in [-0.1, -0.05) is 47.5 Å². The Labute approximate surface area is 128 Å². The number of likely N-dealkylation sites (tertiary alicyclic amines) is 1. The van der Waals surface area contributed by atoms with Crippen molar-refractivity contribution in [3.63, 3.8) is 0 Å². The van der Waals surface area contributed by atoms with Crippen LogP contribution in [0.25, 0.3) is 0 Å². The molecule has 110 valence electrons. The zero-order valence-electron chi connectivity index (χ0n) is 13.3. The van der Waals surface area contributed by atoms with Gasteiger partial charge in [-0.25, -0.2) is 0 Å². The molecule has 0 radical (unpaired) electrons. The van der Waals surface area contributed by atoms with Crippen molar-refractivity contribution in [2.45, 2.75) is 39.7 Å². The molecule has 0 amide bonds. The van der Waals surface area contributed by atoms with Gasteiger partial charge in [0.05, 0.1) is 13.1 Å². The van der Waals surface area contributed by atoms with Crippen molar-refractivity contribution in [1.82, 2.24) is 4.48 Å². The van der Waals surface area contributed by atoms with Crippen molar-refractivity contribution in [2.75, 3.05) is 13.1 Å². The minimum absolute atomic E-state index is 1.13. The molecule has 21 heavy (non-hydrogen) atoms. The highest BCUT2D eigenvalue weighted by molar-refractivity contribution is 5.45. The number of rotatable bonds is 3. The highest BCUT2D eigenvalue weighted by Gasteiger charge is 2.32. The van der Waals surface area contributed by atoms with Crippen LogP contribution in [0.1, 0.15) is 36.0 Å². The van der Waals surface area contributed by atoms with E-state index < -0.39 is 0 Å². The van der Waals surface area contributed by atoms with E-state index in [4.69, 9.17) is 0 Å². The summed E-state index contributed by atoms with van der Waals surface area (Å²) in [5.41, 5.74) is 5.65. The third-order valence-electron chi connectivity index (χ3n) is 4.86. The average Bonchev–Trinajstić information content (AvgIpc) is 2.51. The van der Waals surface area contributed by atoms with Crippen molar-refractivity contribution >= 4 is 5.69 Å². The molecule has 0 atom stereocenters. The SMILES string of the molecule is Cc1ccc(C[N+]2(c3ccc(C)cc3)CCCCC2)cc1. The van der Waals surface area contributed by atoms with E-state index in [1.54, 1.807) is 0 Å². The van der Waals surface area contributed by atoms with Crippen LogP contribution in [-0.2, 0) is 6.54 Å². The number of quaternary nitrogens is 1. The molecule has 1 fully saturated rings. The molecule has 1 aliphatic heterocycles. The molecule has 0 bridgehead atoms. The lowest BCUT2D eigenvalue weighted by atomic mass is 10.0. The van der Waals surface area contributed by atoms with Gasteiger partial charge in [0, 0.05) is 5.56 Å². The van der Waals surface area contributed by atoms with Crippen molar-refractivity contribution in [1.29, 1.82) is 0 Å². The lowest BCUT2D eigenvalue weighted by molar-refractivity contribution is 0.221. The summed E-state index contributed by atoms with van der Waals surface area (Å²) < 4.78 is 1.13. The van der Waals surface area contributed by atoms with Crippen LogP contribution in [0.4, 0.5) is 5.69 Å². The summed E-state index contributed by atoms with van der Waals surface area (Å²) >= 11 is 0. The third-order valence-corrected chi connectivity index (χ3v) is 4.86. The minimum Gasteiger partial charge on any atom is -0.287 e. The maximum atomic E-state index is 2.34. The van der Waals surface area contributed by atoms with Crippen LogP contribution in [0.15, 0.2) is 48.5 Å². The number of hydrogen-bond donors (Lipinski definition) is 0. The van der Waals surface area contributed by atoms with E-state index >= 15 is 0 Å². The molecule has 3 rings (SSSR count). The lowest BCUT2D eigenvalue weighted by Gasteiger charge is -2.41. The Morgan fingerprint density at radius 2 is 1.24 bits per heavy atom. The van der Waals surface area contributed by atoms with E-state index in [1.165, 1.54) is 54.7 Å². The van der Waals surface area contributed by atoms with Gasteiger partial charge < -0.3 is 0 Å². The van der Waals surface area contributed by atoms with Gasteiger partial charge >= 0.3 is 0 Å². The van der Waals surface area contributed by atoms with Crippen LogP contribution >= 0.6 is 0 Å². The number of benzene rings is 2. The number of piperidine rings is 1. The van der Waals surface area contributed by atoms with Gasteiger partial charge in [0.25, 0.3) is 0 Å². The van der Waals surface area contributed by atoms with Crippen molar-refractivity contribution in [2.24, 2.45) is 0 Å². The first kappa shape index (κ1) is 14.3. The summed E-state index contributed by atoms with van der Waals surface area (Å²) in [6.45, 7) is 8.01. The second-order valence-electron chi connectivity index (χ2n) is 6.63. The van der Waals surface area contributed by atoms with E-state index in [2.05, 4.69) is 62.4 Å². The predicted molar refractivity (Wildman–Crippen MR) is 91.4 cm³/mol. The standard InChI is InChI=1S/C20H26N/c1-17-6-10-19(11-7-17)16-21(14-4-3-5-15-21)20-12-8-18(2)9-13-20/h6-13H,3-5,14-16H2,1-2H3/q+1. The highest BCUT2D eigenvalue weighted by Crippen LogP contribution is 2.31. The molecule has 2 aromatic carbocycles. The Kier molecular flexibility index (Phi) is 4.12. The molecule has 2 aromatic rings. The number of hydrogen-bond acceptors (Lipinski definition) is 0. The average molecular weight is 280 g/mol. The van der Waals surface area contributed by atoms with Crippen LogP contribution in [-0.4, -0.2) is 13.1 Å². The van der Waals surface area contributed by atoms with E-state index in [0.717, 1.165) is 11.0 Å². The molecular weight excluding hydrogens is 254 g/mol. The van der Waals surface area contributed by atoms with Crippen LogP contribution in [0, 0.1) is 13.8 Å². The highest BCUT2D eigenvalue weighted by atomic mass is 15.4.